The van der Waals surface area contributed by atoms with Crippen LogP contribution >= 0.6 is 0 Å². The lowest BCUT2D eigenvalue weighted by atomic mass is 10.00. The van der Waals surface area contributed by atoms with E-state index in [1.807, 2.05) is 0 Å². The smallest absolute Gasteiger partial charge is 0.0543 e. The molecule has 2 atom stereocenters. The van der Waals surface area contributed by atoms with Crippen LogP contribution in [0, 0.1) is 5.92 Å². The normalized spacial score (nSPS) is 16.0. The average molecular weight is 174 g/mol. The van der Waals surface area contributed by atoms with Gasteiger partial charge in [0, 0.05) is 20.8 Å². The molecule has 0 amide bonds. The van der Waals surface area contributed by atoms with Crippen molar-refractivity contribution in [3.05, 3.63) is 0 Å². The third-order valence-electron chi connectivity index (χ3n) is 2.36. The molecule has 0 radical (unpaired) electrons. The van der Waals surface area contributed by atoms with Crippen molar-refractivity contribution in [3.63, 3.8) is 0 Å². The van der Waals surface area contributed by atoms with E-state index in [1.54, 1.807) is 14.2 Å². The van der Waals surface area contributed by atoms with Crippen molar-refractivity contribution >= 4 is 0 Å². The average Bonchev–Trinajstić information content (AvgIpc) is 2.11. The molecule has 0 saturated heterocycles. The van der Waals surface area contributed by atoms with Crippen LogP contribution in [0.2, 0.25) is 0 Å². The third-order valence-corrected chi connectivity index (χ3v) is 2.36. The Bertz CT molecular complexity index is 93.8. The summed E-state index contributed by atoms with van der Waals surface area (Å²) in [6.45, 7) is 5.20. The fourth-order valence-corrected chi connectivity index (χ4v) is 1.23. The van der Waals surface area contributed by atoms with E-state index < -0.39 is 0 Å². The number of rotatable bonds is 7. The maximum absolute atomic E-state index is 5.18. The zero-order valence-electron chi connectivity index (χ0n) is 8.80. The summed E-state index contributed by atoms with van der Waals surface area (Å²) in [4.78, 5) is 0. The van der Waals surface area contributed by atoms with E-state index in [0.29, 0.717) is 12.0 Å². The molecule has 0 aromatic rings. The number of ether oxygens (including phenoxy) is 2. The van der Waals surface area contributed by atoms with Crippen molar-refractivity contribution in [2.45, 2.75) is 39.2 Å². The van der Waals surface area contributed by atoms with Gasteiger partial charge in [0.15, 0.2) is 0 Å². The van der Waals surface area contributed by atoms with Gasteiger partial charge in [0.2, 0.25) is 0 Å². The second kappa shape index (κ2) is 7.56. The zero-order valence-corrected chi connectivity index (χ0v) is 8.80. The number of hydrogen-bond acceptors (Lipinski definition) is 2. The Labute approximate surface area is 76.3 Å². The third kappa shape index (κ3) is 5.56. The molecule has 2 unspecified atom stereocenters. The lowest BCUT2D eigenvalue weighted by Crippen LogP contribution is -2.12. The van der Waals surface area contributed by atoms with Crippen LogP contribution in [0.5, 0.6) is 0 Å². The first-order chi connectivity index (χ1) is 5.74. The van der Waals surface area contributed by atoms with E-state index >= 15 is 0 Å². The van der Waals surface area contributed by atoms with Crippen molar-refractivity contribution in [2.24, 2.45) is 5.92 Å². The number of hydrogen-bond donors (Lipinski definition) is 0. The molecule has 0 spiro atoms. The standard InChI is InChI=1S/C10H22O2/c1-5-10(8-11-3)7-6-9(2)12-4/h9-10H,5-8H2,1-4H3. The Morgan fingerprint density at radius 2 is 1.83 bits per heavy atom. The van der Waals surface area contributed by atoms with E-state index in [4.69, 9.17) is 9.47 Å². The summed E-state index contributed by atoms with van der Waals surface area (Å²) in [6.07, 6.45) is 3.93. The molecule has 0 aromatic carbocycles. The van der Waals surface area contributed by atoms with Crippen molar-refractivity contribution in [1.82, 2.24) is 0 Å². The summed E-state index contributed by atoms with van der Waals surface area (Å²) < 4.78 is 10.3. The fourth-order valence-electron chi connectivity index (χ4n) is 1.23. The van der Waals surface area contributed by atoms with Gasteiger partial charge in [0.05, 0.1) is 6.10 Å². The molecule has 0 aromatic heterocycles. The minimum atomic E-state index is 0.385. The van der Waals surface area contributed by atoms with Gasteiger partial charge in [-0.1, -0.05) is 13.3 Å². The van der Waals surface area contributed by atoms with Crippen LogP contribution in [0.1, 0.15) is 33.1 Å². The van der Waals surface area contributed by atoms with Crippen LogP contribution in [-0.4, -0.2) is 26.9 Å². The highest BCUT2D eigenvalue weighted by Gasteiger charge is 2.07. The lowest BCUT2D eigenvalue weighted by Gasteiger charge is -2.15. The van der Waals surface area contributed by atoms with E-state index in [0.717, 1.165) is 13.0 Å². The van der Waals surface area contributed by atoms with Crippen LogP contribution in [0.25, 0.3) is 0 Å². The van der Waals surface area contributed by atoms with Crippen LogP contribution < -0.4 is 0 Å². The SMILES string of the molecule is CCC(CCC(C)OC)COC. The van der Waals surface area contributed by atoms with Crippen LogP contribution in [0.4, 0.5) is 0 Å². The van der Waals surface area contributed by atoms with Gasteiger partial charge in [-0.05, 0) is 25.7 Å². The molecular weight excluding hydrogens is 152 g/mol. The fraction of sp³-hybridized carbons (Fsp3) is 1.00. The van der Waals surface area contributed by atoms with Crippen molar-refractivity contribution < 1.29 is 9.47 Å². The first kappa shape index (κ1) is 11.9. The molecule has 0 heterocycles. The largest absolute Gasteiger partial charge is 0.384 e. The monoisotopic (exact) mass is 174 g/mol. The Morgan fingerprint density at radius 1 is 1.17 bits per heavy atom. The molecule has 0 N–H and O–H groups in total. The molecule has 0 aliphatic rings. The van der Waals surface area contributed by atoms with Gasteiger partial charge in [-0.2, -0.15) is 0 Å². The maximum atomic E-state index is 5.18. The molecule has 0 fully saturated rings. The van der Waals surface area contributed by atoms with Gasteiger partial charge in [-0.25, -0.2) is 0 Å². The highest BCUT2D eigenvalue weighted by atomic mass is 16.5. The zero-order chi connectivity index (χ0) is 9.40. The summed E-state index contributed by atoms with van der Waals surface area (Å²) >= 11 is 0. The number of methoxy groups -OCH3 is 2. The summed E-state index contributed by atoms with van der Waals surface area (Å²) in [5.74, 6) is 0.701. The molecular formula is C10H22O2. The molecule has 2 heteroatoms. The van der Waals surface area contributed by atoms with Crippen molar-refractivity contribution in [3.8, 4) is 0 Å². The summed E-state index contributed by atoms with van der Waals surface area (Å²) in [5.41, 5.74) is 0. The molecule has 74 valence electrons. The molecule has 2 nitrogen and oxygen atoms in total. The molecule has 0 saturated carbocycles. The lowest BCUT2D eigenvalue weighted by molar-refractivity contribution is 0.0911. The van der Waals surface area contributed by atoms with Crippen LogP contribution in [0.3, 0.4) is 0 Å². The van der Waals surface area contributed by atoms with Crippen LogP contribution in [-0.2, 0) is 9.47 Å². The molecule has 0 bridgehead atoms. The molecule has 0 aliphatic carbocycles. The first-order valence-electron chi connectivity index (χ1n) is 4.76. The van der Waals surface area contributed by atoms with E-state index in [9.17, 15) is 0 Å². The minimum absolute atomic E-state index is 0.385. The Morgan fingerprint density at radius 3 is 2.25 bits per heavy atom. The van der Waals surface area contributed by atoms with Gasteiger partial charge in [0.1, 0.15) is 0 Å². The van der Waals surface area contributed by atoms with Crippen LogP contribution in [0.15, 0.2) is 0 Å². The highest BCUT2D eigenvalue weighted by molar-refractivity contribution is 4.59. The Hall–Kier alpha value is -0.0800. The van der Waals surface area contributed by atoms with Gasteiger partial charge >= 0.3 is 0 Å². The Kier molecular flexibility index (Phi) is 7.51. The second-order valence-electron chi connectivity index (χ2n) is 3.35. The quantitative estimate of drug-likeness (QED) is 0.590. The van der Waals surface area contributed by atoms with Crippen molar-refractivity contribution in [2.75, 3.05) is 20.8 Å². The van der Waals surface area contributed by atoms with Gasteiger partial charge < -0.3 is 9.47 Å². The predicted octanol–water partition coefficient (Wildman–Crippen LogP) is 2.47. The van der Waals surface area contributed by atoms with E-state index in [2.05, 4.69) is 13.8 Å². The Balaban J connectivity index is 3.43. The maximum Gasteiger partial charge on any atom is 0.0543 e. The summed E-state index contributed by atoms with van der Waals surface area (Å²) in [5, 5.41) is 0. The molecule has 0 rings (SSSR count). The van der Waals surface area contributed by atoms with Gasteiger partial charge in [-0.15, -0.1) is 0 Å². The molecule has 12 heavy (non-hydrogen) atoms. The topological polar surface area (TPSA) is 18.5 Å². The van der Waals surface area contributed by atoms with Crippen molar-refractivity contribution in [1.29, 1.82) is 0 Å². The van der Waals surface area contributed by atoms with Gasteiger partial charge in [0.25, 0.3) is 0 Å². The van der Waals surface area contributed by atoms with E-state index in [-0.39, 0.29) is 0 Å². The second-order valence-corrected chi connectivity index (χ2v) is 3.35. The first-order valence-corrected chi connectivity index (χ1v) is 4.76. The summed E-state index contributed by atoms with van der Waals surface area (Å²) in [6, 6.07) is 0. The predicted molar refractivity (Wildman–Crippen MR) is 51.4 cm³/mol. The molecule has 0 aliphatic heterocycles. The summed E-state index contributed by atoms with van der Waals surface area (Å²) in [7, 11) is 3.53. The van der Waals surface area contributed by atoms with E-state index in [1.165, 1.54) is 12.8 Å². The van der Waals surface area contributed by atoms with Gasteiger partial charge in [-0.3, -0.25) is 0 Å². The highest BCUT2D eigenvalue weighted by Crippen LogP contribution is 2.13. The minimum Gasteiger partial charge on any atom is -0.384 e.